The Labute approximate surface area is 262 Å². The average molecular weight is 622 g/mol. The number of phenolic OH excluding ortho intramolecular Hbond substituents is 1. The van der Waals surface area contributed by atoms with Gasteiger partial charge in [0.25, 0.3) is 5.91 Å². The van der Waals surface area contributed by atoms with Crippen LogP contribution in [0.15, 0.2) is 113 Å². The lowest BCUT2D eigenvalue weighted by atomic mass is 9.95. The number of benzene rings is 4. The van der Waals surface area contributed by atoms with Gasteiger partial charge in [-0.15, -0.1) is 10.2 Å². The smallest absolute Gasteiger partial charge is 0.296 e. The molecular formula is C34H27N3O5S2. The highest BCUT2D eigenvalue weighted by molar-refractivity contribution is 8.00. The van der Waals surface area contributed by atoms with E-state index in [1.54, 1.807) is 25.1 Å². The SMILES string of the molecule is CCOc1cc(C2C(C(=O)/C=C/c3ccccc3)=C(O)C(=O)N2c2nnc(SCc3cccc4ccccc34)s2)ccc1O. The van der Waals surface area contributed by atoms with E-state index in [1.165, 1.54) is 40.1 Å². The number of ether oxygens (including phenoxy) is 1. The van der Waals surface area contributed by atoms with Crippen LogP contribution in [0.2, 0.25) is 0 Å². The number of aromatic hydroxyl groups is 1. The molecule has 2 heterocycles. The summed E-state index contributed by atoms with van der Waals surface area (Å²) in [5.74, 6) is -1.21. The molecule has 1 aliphatic heterocycles. The number of aliphatic hydroxyl groups is 1. The maximum Gasteiger partial charge on any atom is 0.296 e. The summed E-state index contributed by atoms with van der Waals surface area (Å²) in [5.41, 5.74) is 2.29. The van der Waals surface area contributed by atoms with Gasteiger partial charge in [0.05, 0.1) is 18.2 Å². The summed E-state index contributed by atoms with van der Waals surface area (Å²) in [6.45, 7) is 2.08. The van der Waals surface area contributed by atoms with Crippen LogP contribution < -0.4 is 9.64 Å². The molecular weight excluding hydrogens is 595 g/mol. The fraction of sp³-hybridized carbons (Fsp3) is 0.118. The van der Waals surface area contributed by atoms with Crippen molar-refractivity contribution in [3.05, 3.63) is 125 Å². The zero-order valence-electron chi connectivity index (χ0n) is 23.6. The molecule has 5 aromatic rings. The molecule has 1 aromatic heterocycles. The molecule has 1 atom stereocenters. The molecule has 4 aromatic carbocycles. The second-order valence-corrected chi connectivity index (χ2v) is 12.1. The first-order valence-electron chi connectivity index (χ1n) is 13.9. The highest BCUT2D eigenvalue weighted by Gasteiger charge is 2.45. The van der Waals surface area contributed by atoms with Crippen molar-refractivity contribution in [3.63, 3.8) is 0 Å². The molecule has 1 aliphatic rings. The van der Waals surface area contributed by atoms with Gasteiger partial charge in [-0.1, -0.05) is 108 Å². The molecule has 1 amide bonds. The Bertz CT molecular complexity index is 1910. The maximum absolute atomic E-state index is 13.6. The number of hydrogen-bond donors (Lipinski definition) is 2. The topological polar surface area (TPSA) is 113 Å². The number of allylic oxidation sites excluding steroid dienone is 1. The Hall–Kier alpha value is -4.93. The van der Waals surface area contributed by atoms with E-state index in [-0.39, 0.29) is 22.2 Å². The zero-order valence-corrected chi connectivity index (χ0v) is 25.2. The van der Waals surface area contributed by atoms with E-state index in [1.807, 2.05) is 48.5 Å². The third-order valence-electron chi connectivity index (χ3n) is 7.13. The van der Waals surface area contributed by atoms with Gasteiger partial charge >= 0.3 is 0 Å². The first kappa shape index (κ1) is 29.2. The molecule has 0 bridgehead atoms. The molecule has 0 aliphatic carbocycles. The largest absolute Gasteiger partial charge is 0.504 e. The van der Waals surface area contributed by atoms with Crippen LogP contribution in [-0.2, 0) is 15.3 Å². The fourth-order valence-electron chi connectivity index (χ4n) is 5.08. The number of anilines is 1. The highest BCUT2D eigenvalue weighted by Crippen LogP contribution is 2.45. The van der Waals surface area contributed by atoms with Gasteiger partial charge in [-0.2, -0.15) is 0 Å². The molecule has 6 rings (SSSR count). The Morgan fingerprint density at radius 1 is 1.00 bits per heavy atom. The number of carbonyl (C=O) groups is 2. The van der Waals surface area contributed by atoms with Crippen LogP contribution in [0, 0.1) is 0 Å². The van der Waals surface area contributed by atoms with Crippen molar-refractivity contribution in [2.75, 3.05) is 11.5 Å². The summed E-state index contributed by atoms with van der Waals surface area (Å²) in [5, 5.41) is 32.6. The zero-order chi connectivity index (χ0) is 30.6. The molecule has 10 heteroatoms. The average Bonchev–Trinajstić information content (AvgIpc) is 3.62. The van der Waals surface area contributed by atoms with E-state index in [4.69, 9.17) is 4.74 Å². The molecule has 0 saturated carbocycles. The lowest BCUT2D eigenvalue weighted by Crippen LogP contribution is -2.30. The summed E-state index contributed by atoms with van der Waals surface area (Å²) >= 11 is 2.69. The minimum absolute atomic E-state index is 0.0837. The summed E-state index contributed by atoms with van der Waals surface area (Å²) in [7, 11) is 0. The molecule has 8 nitrogen and oxygen atoms in total. The van der Waals surface area contributed by atoms with E-state index in [0.717, 1.165) is 21.9 Å². The van der Waals surface area contributed by atoms with Gasteiger partial charge in [-0.25, -0.2) is 0 Å². The van der Waals surface area contributed by atoms with Crippen LogP contribution in [0.4, 0.5) is 5.13 Å². The molecule has 0 fully saturated rings. The number of carbonyl (C=O) groups excluding carboxylic acids is 2. The molecule has 0 spiro atoms. The third kappa shape index (κ3) is 5.82. The quantitative estimate of drug-likeness (QED) is 0.0951. The van der Waals surface area contributed by atoms with E-state index in [2.05, 4.69) is 34.5 Å². The van der Waals surface area contributed by atoms with Crippen LogP contribution in [0.3, 0.4) is 0 Å². The molecule has 0 radical (unpaired) electrons. The lowest BCUT2D eigenvalue weighted by molar-refractivity contribution is -0.117. The number of amides is 1. The number of phenols is 1. The van der Waals surface area contributed by atoms with Gasteiger partial charge in [0.15, 0.2) is 27.4 Å². The van der Waals surface area contributed by atoms with E-state index < -0.39 is 23.5 Å². The predicted octanol–water partition coefficient (Wildman–Crippen LogP) is 7.27. The lowest BCUT2D eigenvalue weighted by Gasteiger charge is -2.24. The van der Waals surface area contributed by atoms with Gasteiger partial charge in [0.2, 0.25) is 5.13 Å². The summed E-state index contributed by atoms with van der Waals surface area (Å²) < 4.78 is 6.21. The number of ketones is 1. The molecule has 44 heavy (non-hydrogen) atoms. The van der Waals surface area contributed by atoms with E-state index in [0.29, 0.717) is 22.3 Å². The number of rotatable bonds is 10. The standard InChI is InChI=1S/C34H27N3O5S2/c1-2-42-28-19-23(16-18-26(28)38)30-29(27(39)17-15-21-9-4-3-5-10-21)31(40)32(41)37(30)33-35-36-34(44-33)43-20-24-13-8-12-22-11-6-7-14-25(22)24/h3-19,30,38,40H,2,20H2,1H3/b17-15+. The van der Waals surface area contributed by atoms with Crippen molar-refractivity contribution in [2.45, 2.75) is 23.1 Å². The summed E-state index contributed by atoms with van der Waals surface area (Å²) in [6, 6.07) is 27.1. The second kappa shape index (κ2) is 12.7. The van der Waals surface area contributed by atoms with Crippen molar-refractivity contribution in [3.8, 4) is 11.5 Å². The molecule has 2 N–H and O–H groups in total. The van der Waals surface area contributed by atoms with Gasteiger partial charge in [0.1, 0.15) is 0 Å². The third-order valence-corrected chi connectivity index (χ3v) is 9.24. The summed E-state index contributed by atoms with van der Waals surface area (Å²) in [4.78, 5) is 28.4. The highest BCUT2D eigenvalue weighted by atomic mass is 32.2. The van der Waals surface area contributed by atoms with Crippen molar-refractivity contribution in [2.24, 2.45) is 0 Å². The summed E-state index contributed by atoms with van der Waals surface area (Å²) in [6.07, 6.45) is 2.96. The van der Waals surface area contributed by atoms with Gasteiger partial charge in [-0.3, -0.25) is 14.5 Å². The number of aromatic nitrogens is 2. The monoisotopic (exact) mass is 621 g/mol. The van der Waals surface area contributed by atoms with Crippen molar-refractivity contribution in [1.82, 2.24) is 10.2 Å². The molecule has 1 unspecified atom stereocenters. The molecule has 220 valence electrons. The van der Waals surface area contributed by atoms with E-state index >= 15 is 0 Å². The minimum atomic E-state index is -1.03. The number of fused-ring (bicyclic) bond motifs is 1. The number of thioether (sulfide) groups is 1. The fourth-order valence-corrected chi connectivity index (χ4v) is 6.95. The normalized spacial score (nSPS) is 15.1. The van der Waals surface area contributed by atoms with Gasteiger partial charge in [0, 0.05) is 5.75 Å². The molecule has 0 saturated heterocycles. The van der Waals surface area contributed by atoms with Crippen molar-refractivity contribution < 1.29 is 24.5 Å². The van der Waals surface area contributed by atoms with Crippen molar-refractivity contribution >= 4 is 56.8 Å². The predicted molar refractivity (Wildman–Crippen MR) is 173 cm³/mol. The second-order valence-electron chi connectivity index (χ2n) is 9.89. The Balaban J connectivity index is 1.34. The van der Waals surface area contributed by atoms with Crippen LogP contribution in [0.1, 0.15) is 29.7 Å². The Kier molecular flexibility index (Phi) is 8.44. The van der Waals surface area contributed by atoms with Crippen LogP contribution in [0.5, 0.6) is 11.5 Å². The van der Waals surface area contributed by atoms with Crippen LogP contribution in [0.25, 0.3) is 16.8 Å². The number of nitrogens with zero attached hydrogens (tertiary/aromatic N) is 3. The minimum Gasteiger partial charge on any atom is -0.504 e. The number of hydrogen-bond acceptors (Lipinski definition) is 9. The van der Waals surface area contributed by atoms with Gasteiger partial charge in [-0.05, 0) is 52.6 Å². The first-order valence-corrected chi connectivity index (χ1v) is 15.7. The Morgan fingerprint density at radius 2 is 1.77 bits per heavy atom. The van der Waals surface area contributed by atoms with Crippen LogP contribution in [-0.4, -0.2) is 38.7 Å². The van der Waals surface area contributed by atoms with E-state index in [9.17, 15) is 19.8 Å². The maximum atomic E-state index is 13.6. The number of aliphatic hydroxyl groups excluding tert-OH is 1. The first-order chi connectivity index (χ1) is 21.4. The van der Waals surface area contributed by atoms with Crippen molar-refractivity contribution in [1.29, 1.82) is 0 Å². The Morgan fingerprint density at radius 3 is 2.59 bits per heavy atom. The van der Waals surface area contributed by atoms with Gasteiger partial charge < -0.3 is 14.9 Å². The van der Waals surface area contributed by atoms with Crippen LogP contribution >= 0.6 is 23.1 Å².